The number of nitrogens with one attached hydrogen (secondary N) is 2. The second-order valence-corrected chi connectivity index (χ2v) is 9.09. The smallest absolute Gasteiger partial charge is 0.209 e. The maximum atomic E-state index is 13.0. The predicted octanol–water partition coefficient (Wildman–Crippen LogP) is 4.67. The number of nitrogens with zero attached hydrogens (tertiary/aromatic N) is 2. The summed E-state index contributed by atoms with van der Waals surface area (Å²) in [6.07, 6.45) is 4.79. The summed E-state index contributed by atoms with van der Waals surface area (Å²) in [5.41, 5.74) is 4.98. The van der Waals surface area contributed by atoms with Crippen molar-refractivity contribution in [3.05, 3.63) is 81.9 Å². The van der Waals surface area contributed by atoms with E-state index in [1.807, 2.05) is 36.7 Å². The van der Waals surface area contributed by atoms with Crippen molar-refractivity contribution in [2.24, 2.45) is 7.05 Å². The molecule has 0 saturated carbocycles. The Morgan fingerprint density at radius 1 is 1.27 bits per heavy atom. The van der Waals surface area contributed by atoms with Gasteiger partial charge in [-0.2, -0.15) is 0 Å². The van der Waals surface area contributed by atoms with Crippen LogP contribution in [0, 0.1) is 6.92 Å². The van der Waals surface area contributed by atoms with E-state index in [0.29, 0.717) is 34.4 Å². The molecule has 1 atom stereocenters. The molecule has 4 rings (SSSR count). The van der Waals surface area contributed by atoms with E-state index in [-0.39, 0.29) is 11.9 Å². The van der Waals surface area contributed by atoms with Crippen molar-refractivity contribution >= 4 is 40.4 Å². The summed E-state index contributed by atoms with van der Waals surface area (Å²) < 4.78 is 7.55. The summed E-state index contributed by atoms with van der Waals surface area (Å²) >= 11 is 11.3. The molecular weight excluding hydrogens is 456 g/mol. The molecule has 172 valence electrons. The highest BCUT2D eigenvalue weighted by Gasteiger charge is 2.19. The van der Waals surface area contributed by atoms with Crippen LogP contribution in [-0.2, 0) is 18.2 Å². The molecule has 3 heterocycles. The zero-order valence-corrected chi connectivity index (χ0v) is 20.3. The first-order valence-electron chi connectivity index (χ1n) is 11.0. The molecule has 2 N–H and O–H groups in total. The largest absolute Gasteiger partial charge is 0.376 e. The molecule has 0 amide bonds. The van der Waals surface area contributed by atoms with Gasteiger partial charge in [-0.3, -0.25) is 9.78 Å². The first-order chi connectivity index (χ1) is 15.9. The quantitative estimate of drug-likeness (QED) is 0.377. The summed E-state index contributed by atoms with van der Waals surface area (Å²) in [6.45, 7) is 3.49. The van der Waals surface area contributed by atoms with Gasteiger partial charge >= 0.3 is 0 Å². The number of ether oxygens (including phenoxy) is 1. The summed E-state index contributed by atoms with van der Waals surface area (Å²) in [4.78, 5) is 17.6. The van der Waals surface area contributed by atoms with Crippen LogP contribution in [0.4, 0.5) is 5.69 Å². The van der Waals surface area contributed by atoms with Crippen molar-refractivity contribution in [3.8, 4) is 0 Å². The molecule has 0 aliphatic carbocycles. The van der Waals surface area contributed by atoms with Gasteiger partial charge < -0.3 is 19.9 Å². The van der Waals surface area contributed by atoms with E-state index in [4.69, 9.17) is 28.6 Å². The fourth-order valence-electron chi connectivity index (χ4n) is 4.04. The minimum Gasteiger partial charge on any atom is -0.376 e. The number of carbonyl (C=O) groups excluding carboxylic acids is 1. The van der Waals surface area contributed by atoms with Crippen molar-refractivity contribution in [1.29, 1.82) is 0 Å². The zero-order valence-electron chi connectivity index (χ0n) is 18.7. The molecule has 1 aliphatic rings. The van der Waals surface area contributed by atoms with Gasteiger partial charge in [-0.1, -0.05) is 11.6 Å². The third kappa shape index (κ3) is 5.79. The topological polar surface area (TPSA) is 68.2 Å². The molecule has 8 heteroatoms. The highest BCUT2D eigenvalue weighted by molar-refractivity contribution is 7.80. The van der Waals surface area contributed by atoms with Crippen LogP contribution >= 0.6 is 23.8 Å². The number of halogens is 1. The van der Waals surface area contributed by atoms with Gasteiger partial charge in [-0.05, 0) is 80.0 Å². The van der Waals surface area contributed by atoms with Crippen molar-refractivity contribution in [2.75, 3.05) is 18.5 Å². The Kier molecular flexibility index (Phi) is 7.42. The van der Waals surface area contributed by atoms with Gasteiger partial charge in [0.15, 0.2) is 5.11 Å². The third-order valence-corrected chi connectivity index (χ3v) is 6.30. The number of carbonyl (C=O) groups is 1. The molecule has 1 fully saturated rings. The van der Waals surface area contributed by atoms with Gasteiger partial charge in [-0.15, -0.1) is 0 Å². The average molecular weight is 483 g/mol. The van der Waals surface area contributed by atoms with Gasteiger partial charge in [0.1, 0.15) is 0 Å². The van der Waals surface area contributed by atoms with E-state index < -0.39 is 0 Å². The van der Waals surface area contributed by atoms with Gasteiger partial charge in [-0.25, -0.2) is 0 Å². The highest BCUT2D eigenvalue weighted by atomic mass is 35.5. The lowest BCUT2D eigenvalue weighted by atomic mass is 10.1. The Labute approximate surface area is 204 Å². The van der Waals surface area contributed by atoms with E-state index in [9.17, 15) is 4.79 Å². The molecule has 1 aromatic carbocycles. The fourth-order valence-corrected chi connectivity index (χ4v) is 4.37. The van der Waals surface area contributed by atoms with Crippen LogP contribution in [0.1, 0.15) is 45.8 Å². The Hall–Kier alpha value is -2.74. The van der Waals surface area contributed by atoms with Crippen molar-refractivity contribution < 1.29 is 9.53 Å². The SMILES string of the molecule is Cc1cc(Cc2ccc(NC(=S)NCC3CCCO3)cn2)n(C)c1C(=O)c1ccc(Cl)cc1. The molecule has 0 spiro atoms. The second kappa shape index (κ2) is 10.5. The number of hydrogen-bond donors (Lipinski definition) is 2. The molecule has 1 aliphatic heterocycles. The number of pyridine rings is 1. The number of anilines is 1. The normalized spacial score (nSPS) is 15.4. The van der Waals surface area contributed by atoms with Crippen LogP contribution in [-0.4, -0.2) is 39.7 Å². The van der Waals surface area contributed by atoms with Crippen LogP contribution in [0.5, 0.6) is 0 Å². The first-order valence-corrected chi connectivity index (χ1v) is 11.8. The van der Waals surface area contributed by atoms with Gasteiger partial charge in [0, 0.05) is 48.6 Å². The minimum absolute atomic E-state index is 0.0190. The molecule has 33 heavy (non-hydrogen) atoms. The van der Waals surface area contributed by atoms with Crippen LogP contribution < -0.4 is 10.6 Å². The zero-order chi connectivity index (χ0) is 23.4. The lowest BCUT2D eigenvalue weighted by Crippen LogP contribution is -2.34. The molecular formula is C25H27ClN4O2S. The molecule has 0 radical (unpaired) electrons. The lowest BCUT2D eigenvalue weighted by Gasteiger charge is -2.14. The highest BCUT2D eigenvalue weighted by Crippen LogP contribution is 2.21. The van der Waals surface area contributed by atoms with Crippen molar-refractivity contribution in [3.63, 3.8) is 0 Å². The van der Waals surface area contributed by atoms with Crippen LogP contribution in [0.25, 0.3) is 0 Å². The Bertz CT molecular complexity index is 1140. The van der Waals surface area contributed by atoms with Crippen LogP contribution in [0.3, 0.4) is 0 Å². The number of ketones is 1. The first kappa shape index (κ1) is 23.4. The molecule has 0 bridgehead atoms. The van der Waals surface area contributed by atoms with Gasteiger partial charge in [0.2, 0.25) is 5.78 Å². The van der Waals surface area contributed by atoms with Gasteiger partial charge in [0.25, 0.3) is 0 Å². The van der Waals surface area contributed by atoms with E-state index >= 15 is 0 Å². The summed E-state index contributed by atoms with van der Waals surface area (Å²) in [6, 6.07) is 12.9. The number of benzene rings is 1. The van der Waals surface area contributed by atoms with Crippen LogP contribution in [0.2, 0.25) is 5.02 Å². The minimum atomic E-state index is -0.0190. The summed E-state index contributed by atoms with van der Waals surface area (Å²) in [5, 5.41) is 7.53. The monoisotopic (exact) mass is 482 g/mol. The van der Waals surface area contributed by atoms with E-state index in [1.54, 1.807) is 30.5 Å². The molecule has 6 nitrogen and oxygen atoms in total. The van der Waals surface area contributed by atoms with Crippen molar-refractivity contribution in [2.45, 2.75) is 32.3 Å². The number of hydrogen-bond acceptors (Lipinski definition) is 4. The van der Waals surface area contributed by atoms with Crippen molar-refractivity contribution in [1.82, 2.24) is 14.9 Å². The molecule has 1 saturated heterocycles. The fraction of sp³-hybridized carbons (Fsp3) is 0.320. The molecule has 1 unspecified atom stereocenters. The molecule has 3 aromatic rings. The predicted molar refractivity (Wildman–Crippen MR) is 135 cm³/mol. The second-order valence-electron chi connectivity index (χ2n) is 8.25. The average Bonchev–Trinajstić information content (AvgIpc) is 3.41. The van der Waals surface area contributed by atoms with E-state index in [1.165, 1.54) is 0 Å². The third-order valence-electron chi connectivity index (χ3n) is 5.80. The number of aryl methyl sites for hydroxylation is 1. The maximum absolute atomic E-state index is 13.0. The Morgan fingerprint density at radius 3 is 2.73 bits per heavy atom. The molecule has 2 aromatic heterocycles. The van der Waals surface area contributed by atoms with E-state index in [2.05, 4.69) is 15.6 Å². The maximum Gasteiger partial charge on any atom is 0.209 e. The van der Waals surface area contributed by atoms with Crippen LogP contribution in [0.15, 0.2) is 48.7 Å². The number of thiocarbonyl (C=S) groups is 1. The van der Waals surface area contributed by atoms with Gasteiger partial charge in [0.05, 0.1) is 23.7 Å². The Morgan fingerprint density at radius 2 is 2.06 bits per heavy atom. The number of aromatic nitrogens is 2. The summed E-state index contributed by atoms with van der Waals surface area (Å²) in [5.74, 6) is -0.0190. The van der Waals surface area contributed by atoms with E-state index in [0.717, 1.165) is 42.1 Å². The number of rotatable bonds is 7. The Balaban J connectivity index is 1.38. The standard InChI is InChI=1S/C25H27ClN4O2S/c1-16-12-21(30(2)23(16)24(31)17-5-7-18(26)8-6-17)13-19-9-10-20(14-27-19)29-25(33)28-15-22-4-3-11-32-22/h5-10,12,14,22H,3-4,11,13,15H2,1-2H3,(H2,28,29,33). The summed E-state index contributed by atoms with van der Waals surface area (Å²) in [7, 11) is 1.92. The lowest BCUT2D eigenvalue weighted by molar-refractivity contribution is 0.103.